The standard InChI is InChI=1S/C9H10N5O8P/c15-2-1-3(21-8(6(2)16)22-23(18,19)20)4-5-7(13-14-12-5)11-9(17)10-4/h2-3,6,8,15-16H,1H2,(H2,18,19,20)/t2-,3?,6-,8?/m0/s1. The molecule has 0 bridgehead atoms. The van der Waals surface area contributed by atoms with Gasteiger partial charge < -0.3 is 24.7 Å². The molecule has 0 spiro atoms. The highest BCUT2D eigenvalue weighted by atomic mass is 31.2. The highest BCUT2D eigenvalue weighted by Crippen LogP contribution is 2.40. The smallest absolute Gasteiger partial charge is 0.390 e. The number of phosphoric acid groups is 1. The Labute approximate surface area is 127 Å². The molecular formula is C9H10N5O8P. The van der Waals surface area contributed by atoms with Gasteiger partial charge in [0.15, 0.2) is 12.0 Å². The largest absolute Gasteiger partial charge is 0.472 e. The number of hydrogen-bond donors (Lipinski definition) is 4. The van der Waals surface area contributed by atoms with Crippen LogP contribution in [-0.2, 0) is 13.8 Å². The first-order valence-electron chi connectivity index (χ1n) is 6.21. The number of phosphoric ester groups is 1. The SMILES string of the molecule is O=C1N=C2N=NN=C2C(C2C[C@H](O)[C@H](O)C(OP(=O)(O)O)O2)=N1. The number of ether oxygens (including phenoxy) is 1. The summed E-state index contributed by atoms with van der Waals surface area (Å²) in [5.74, 6) is -0.0864. The van der Waals surface area contributed by atoms with Gasteiger partial charge in [0.05, 0.1) is 6.10 Å². The Kier molecular flexibility index (Phi) is 4.01. The average Bonchev–Trinajstić information content (AvgIpc) is 2.89. The number of fused-ring (bicyclic) bond motifs is 1. The summed E-state index contributed by atoms with van der Waals surface area (Å²) in [5, 5.41) is 30.0. The van der Waals surface area contributed by atoms with Gasteiger partial charge in [-0.25, -0.2) is 9.36 Å². The van der Waals surface area contributed by atoms with Crippen molar-refractivity contribution in [1.29, 1.82) is 0 Å². The third-order valence-electron chi connectivity index (χ3n) is 3.13. The van der Waals surface area contributed by atoms with Crippen LogP contribution in [0.1, 0.15) is 6.42 Å². The number of amides is 2. The Morgan fingerprint density at radius 1 is 1.26 bits per heavy atom. The summed E-state index contributed by atoms with van der Waals surface area (Å²) in [6.45, 7) is 0. The Morgan fingerprint density at radius 3 is 2.70 bits per heavy atom. The Bertz CT molecular complexity index is 711. The first kappa shape index (κ1) is 16.1. The molecule has 2 amide bonds. The van der Waals surface area contributed by atoms with E-state index in [0.29, 0.717) is 0 Å². The maximum absolute atomic E-state index is 11.5. The lowest BCUT2D eigenvalue weighted by Crippen LogP contribution is -2.53. The third kappa shape index (κ3) is 3.30. The van der Waals surface area contributed by atoms with Crippen LogP contribution >= 0.6 is 7.82 Å². The maximum Gasteiger partial charge on any atom is 0.472 e. The molecule has 0 aromatic carbocycles. The number of rotatable bonds is 3. The van der Waals surface area contributed by atoms with Gasteiger partial charge in [0.25, 0.3) is 0 Å². The van der Waals surface area contributed by atoms with E-state index in [4.69, 9.17) is 14.5 Å². The molecule has 3 aliphatic rings. The average molecular weight is 347 g/mol. The number of aliphatic imine (C=N–C) groups is 2. The number of aliphatic hydroxyl groups is 2. The van der Waals surface area contributed by atoms with Gasteiger partial charge in [-0.2, -0.15) is 9.98 Å². The number of carbonyl (C=O) groups excluding carboxylic acids is 1. The van der Waals surface area contributed by atoms with Gasteiger partial charge in [-0.1, -0.05) is 0 Å². The van der Waals surface area contributed by atoms with Crippen molar-refractivity contribution in [2.45, 2.75) is 31.0 Å². The van der Waals surface area contributed by atoms with E-state index in [1.807, 2.05) is 0 Å². The molecule has 13 nitrogen and oxygen atoms in total. The first-order valence-corrected chi connectivity index (χ1v) is 7.74. The molecule has 1 fully saturated rings. The summed E-state index contributed by atoms with van der Waals surface area (Å²) in [6, 6.07) is -0.897. The van der Waals surface area contributed by atoms with Crippen LogP contribution < -0.4 is 0 Å². The van der Waals surface area contributed by atoms with Crippen molar-refractivity contribution in [3.05, 3.63) is 0 Å². The maximum atomic E-state index is 11.5. The fourth-order valence-electron chi connectivity index (χ4n) is 2.18. The van der Waals surface area contributed by atoms with Crippen LogP contribution in [-0.4, -0.2) is 67.9 Å². The van der Waals surface area contributed by atoms with Crippen molar-refractivity contribution < 1.29 is 38.6 Å². The summed E-state index contributed by atoms with van der Waals surface area (Å²) in [7, 11) is -4.99. The predicted molar refractivity (Wildman–Crippen MR) is 71.0 cm³/mol. The zero-order valence-corrected chi connectivity index (χ0v) is 12.0. The Balaban J connectivity index is 1.85. The van der Waals surface area contributed by atoms with Crippen molar-refractivity contribution in [2.75, 3.05) is 0 Å². The fourth-order valence-corrected chi connectivity index (χ4v) is 2.62. The number of hydrogen-bond acceptors (Lipinski definition) is 9. The fraction of sp³-hybridized carbons (Fsp3) is 0.556. The van der Waals surface area contributed by atoms with Gasteiger partial charge in [0.2, 0.25) is 5.84 Å². The molecule has 4 N–H and O–H groups in total. The Morgan fingerprint density at radius 2 is 2.00 bits per heavy atom. The molecule has 3 heterocycles. The van der Waals surface area contributed by atoms with E-state index in [0.717, 1.165) is 0 Å². The lowest BCUT2D eigenvalue weighted by atomic mass is 9.96. The number of nitrogens with zero attached hydrogens (tertiary/aromatic N) is 5. The molecule has 3 aliphatic heterocycles. The molecule has 0 aliphatic carbocycles. The summed E-state index contributed by atoms with van der Waals surface area (Å²) in [6.07, 6.45) is -6.34. The van der Waals surface area contributed by atoms with Crippen LogP contribution in [0.5, 0.6) is 0 Å². The van der Waals surface area contributed by atoms with Crippen LogP contribution in [0.3, 0.4) is 0 Å². The van der Waals surface area contributed by atoms with E-state index in [-0.39, 0.29) is 23.7 Å². The quantitative estimate of drug-likeness (QED) is 0.453. The topological polar surface area (TPSA) is 195 Å². The summed E-state index contributed by atoms with van der Waals surface area (Å²) in [4.78, 5) is 36.2. The molecular weight excluding hydrogens is 337 g/mol. The highest BCUT2D eigenvalue weighted by molar-refractivity contribution is 7.46. The zero-order valence-electron chi connectivity index (χ0n) is 11.1. The summed E-state index contributed by atoms with van der Waals surface area (Å²) in [5.41, 5.74) is -0.0385. The molecule has 23 heavy (non-hydrogen) atoms. The second-order valence-corrected chi connectivity index (χ2v) is 5.93. The Hall–Kier alpha value is -1.73. The molecule has 1 saturated heterocycles. The molecule has 0 radical (unpaired) electrons. The molecule has 14 heteroatoms. The van der Waals surface area contributed by atoms with Crippen molar-refractivity contribution >= 4 is 31.1 Å². The lowest BCUT2D eigenvalue weighted by Gasteiger charge is -2.36. The number of urea groups is 1. The van der Waals surface area contributed by atoms with Crippen LogP contribution in [0, 0.1) is 0 Å². The molecule has 124 valence electrons. The van der Waals surface area contributed by atoms with Gasteiger partial charge in [-0.05, 0) is 5.22 Å². The summed E-state index contributed by atoms with van der Waals surface area (Å²) < 4.78 is 20.4. The van der Waals surface area contributed by atoms with Gasteiger partial charge in [-0.15, -0.1) is 10.2 Å². The molecule has 0 saturated carbocycles. The second kappa shape index (κ2) is 5.72. The van der Waals surface area contributed by atoms with Crippen LogP contribution in [0.2, 0.25) is 0 Å². The van der Waals surface area contributed by atoms with Gasteiger partial charge >= 0.3 is 13.9 Å². The van der Waals surface area contributed by atoms with Gasteiger partial charge in [0.1, 0.15) is 17.9 Å². The van der Waals surface area contributed by atoms with E-state index in [1.54, 1.807) is 0 Å². The zero-order chi connectivity index (χ0) is 16.8. The van der Waals surface area contributed by atoms with Crippen LogP contribution in [0.25, 0.3) is 0 Å². The molecule has 3 rings (SSSR count). The minimum Gasteiger partial charge on any atom is -0.390 e. The van der Waals surface area contributed by atoms with Crippen molar-refractivity contribution in [3.8, 4) is 0 Å². The van der Waals surface area contributed by atoms with Crippen molar-refractivity contribution in [3.63, 3.8) is 0 Å². The van der Waals surface area contributed by atoms with Crippen LogP contribution in [0.4, 0.5) is 4.79 Å². The van der Waals surface area contributed by atoms with Crippen molar-refractivity contribution in [2.24, 2.45) is 25.4 Å². The highest BCUT2D eigenvalue weighted by Gasteiger charge is 2.45. The van der Waals surface area contributed by atoms with Gasteiger partial charge in [0, 0.05) is 6.42 Å². The van der Waals surface area contributed by atoms with E-state index in [9.17, 15) is 19.6 Å². The minimum absolute atomic E-state index is 0.0353. The first-order chi connectivity index (χ1) is 10.7. The van der Waals surface area contributed by atoms with E-state index >= 15 is 0 Å². The van der Waals surface area contributed by atoms with E-state index in [1.165, 1.54) is 0 Å². The van der Waals surface area contributed by atoms with Crippen LogP contribution in [0.15, 0.2) is 25.4 Å². The normalized spacial score (nSPS) is 33.9. The number of amidine groups is 1. The molecule has 4 atom stereocenters. The molecule has 0 aromatic heterocycles. The second-order valence-electron chi connectivity index (χ2n) is 4.74. The number of aliphatic hydroxyl groups excluding tert-OH is 2. The van der Waals surface area contributed by atoms with E-state index in [2.05, 4.69) is 29.9 Å². The lowest BCUT2D eigenvalue weighted by molar-refractivity contribution is -0.225. The molecule has 0 aromatic rings. The van der Waals surface area contributed by atoms with Gasteiger partial charge in [-0.3, -0.25) is 4.52 Å². The number of carbonyl (C=O) groups is 1. The summed E-state index contributed by atoms with van der Waals surface area (Å²) >= 11 is 0. The minimum atomic E-state index is -4.99. The predicted octanol–water partition coefficient (Wildman–Crippen LogP) is -1.27. The van der Waals surface area contributed by atoms with Crippen molar-refractivity contribution in [1.82, 2.24) is 0 Å². The van der Waals surface area contributed by atoms with E-state index < -0.39 is 38.5 Å². The monoisotopic (exact) mass is 347 g/mol. The molecule has 2 unspecified atom stereocenters. The third-order valence-corrected chi connectivity index (χ3v) is 3.61.